The number of pyridine rings is 1. The third-order valence-corrected chi connectivity index (χ3v) is 7.24. The maximum atomic E-state index is 13.2. The normalized spacial score (nSPS) is 17.6. The van der Waals surface area contributed by atoms with Crippen molar-refractivity contribution in [2.75, 3.05) is 38.3 Å². The van der Waals surface area contributed by atoms with Crippen LogP contribution in [0.4, 0.5) is 5.82 Å². The molecule has 1 aromatic heterocycles. The van der Waals surface area contributed by atoms with Crippen molar-refractivity contribution < 1.29 is 9.53 Å². The number of methoxy groups -OCH3 is 1. The average molecular weight is 475 g/mol. The first-order chi connectivity index (χ1) is 15.4. The zero-order valence-electron chi connectivity index (χ0n) is 19.0. The number of ether oxygens (including phenoxy) is 1. The van der Waals surface area contributed by atoms with Gasteiger partial charge in [0, 0.05) is 45.5 Å². The van der Waals surface area contributed by atoms with Crippen LogP contribution >= 0.6 is 24.0 Å². The second-order valence-electron chi connectivity index (χ2n) is 8.03. The van der Waals surface area contributed by atoms with Crippen LogP contribution in [-0.4, -0.2) is 53.0 Å². The predicted octanol–water partition coefficient (Wildman–Crippen LogP) is 3.67. The molecule has 0 aliphatic carbocycles. The van der Waals surface area contributed by atoms with E-state index in [1.165, 1.54) is 11.8 Å². The third-order valence-electron chi connectivity index (χ3n) is 5.87. The van der Waals surface area contributed by atoms with E-state index in [4.69, 9.17) is 17.0 Å². The highest BCUT2D eigenvalue weighted by Crippen LogP contribution is 2.36. The van der Waals surface area contributed by atoms with Gasteiger partial charge in [-0.25, -0.2) is 0 Å². The molecule has 0 saturated carbocycles. The number of anilines is 1. The van der Waals surface area contributed by atoms with Crippen molar-refractivity contribution in [3.63, 3.8) is 0 Å². The van der Waals surface area contributed by atoms with Crippen LogP contribution in [-0.2, 0) is 16.1 Å². The molecule has 2 aliphatic rings. The summed E-state index contributed by atoms with van der Waals surface area (Å²) in [5, 5.41) is 9.74. The minimum Gasteiger partial charge on any atom is -0.385 e. The summed E-state index contributed by atoms with van der Waals surface area (Å²) < 4.78 is 7.36. The van der Waals surface area contributed by atoms with Crippen LogP contribution in [0.2, 0.25) is 0 Å². The van der Waals surface area contributed by atoms with Gasteiger partial charge in [0.05, 0.1) is 4.91 Å². The SMILES string of the molecule is CCCCn1c(N2CCCC2)c(/C=C2/SC(=S)N(CCCOC)C2=O)c(C)c(C#N)c1=O. The molecule has 0 unspecified atom stereocenters. The largest absolute Gasteiger partial charge is 0.385 e. The number of carbonyl (C=O) groups is 1. The fourth-order valence-corrected chi connectivity index (χ4v) is 5.42. The Bertz CT molecular complexity index is 1020. The quantitative estimate of drug-likeness (QED) is 0.307. The summed E-state index contributed by atoms with van der Waals surface area (Å²) in [6.07, 6.45) is 6.44. The zero-order valence-corrected chi connectivity index (χ0v) is 20.6. The average Bonchev–Trinajstić information content (AvgIpc) is 3.39. The molecule has 172 valence electrons. The number of hydrogen-bond donors (Lipinski definition) is 0. The number of thiocarbonyl (C=S) groups is 1. The van der Waals surface area contributed by atoms with Crippen molar-refractivity contribution in [3.8, 4) is 6.07 Å². The molecule has 2 aliphatic heterocycles. The van der Waals surface area contributed by atoms with Gasteiger partial charge in [0.1, 0.15) is 21.8 Å². The molecule has 0 spiro atoms. The number of thioether (sulfide) groups is 1. The predicted molar refractivity (Wildman–Crippen MR) is 133 cm³/mol. The summed E-state index contributed by atoms with van der Waals surface area (Å²) in [6.45, 7) is 7.21. The van der Waals surface area contributed by atoms with Crippen molar-refractivity contribution in [3.05, 3.63) is 31.9 Å². The molecule has 1 aromatic rings. The van der Waals surface area contributed by atoms with E-state index >= 15 is 0 Å². The van der Waals surface area contributed by atoms with Crippen LogP contribution in [0.3, 0.4) is 0 Å². The summed E-state index contributed by atoms with van der Waals surface area (Å²) in [7, 11) is 1.63. The number of aromatic nitrogens is 1. The van der Waals surface area contributed by atoms with E-state index in [-0.39, 0.29) is 17.0 Å². The number of hydrogen-bond acceptors (Lipinski definition) is 7. The number of amides is 1. The van der Waals surface area contributed by atoms with E-state index < -0.39 is 0 Å². The second kappa shape index (κ2) is 11.1. The van der Waals surface area contributed by atoms with Gasteiger partial charge in [-0.1, -0.05) is 37.3 Å². The lowest BCUT2D eigenvalue weighted by molar-refractivity contribution is -0.122. The van der Waals surface area contributed by atoms with Gasteiger partial charge in [-0.05, 0) is 44.2 Å². The highest BCUT2D eigenvalue weighted by Gasteiger charge is 2.33. The lowest BCUT2D eigenvalue weighted by atomic mass is 10.0. The van der Waals surface area contributed by atoms with Gasteiger partial charge in [0.2, 0.25) is 0 Å². The summed E-state index contributed by atoms with van der Waals surface area (Å²) in [6, 6.07) is 2.10. The van der Waals surface area contributed by atoms with E-state index in [0.717, 1.165) is 50.2 Å². The van der Waals surface area contributed by atoms with E-state index in [2.05, 4.69) is 17.9 Å². The van der Waals surface area contributed by atoms with E-state index in [1.54, 1.807) is 23.5 Å². The molecule has 3 heterocycles. The van der Waals surface area contributed by atoms with E-state index in [9.17, 15) is 14.9 Å². The molecule has 0 bridgehead atoms. The van der Waals surface area contributed by atoms with Crippen LogP contribution in [0.5, 0.6) is 0 Å². The lowest BCUT2D eigenvalue weighted by Crippen LogP contribution is -2.33. The van der Waals surface area contributed by atoms with Crippen LogP contribution in [0.1, 0.15) is 55.7 Å². The molecule has 32 heavy (non-hydrogen) atoms. The van der Waals surface area contributed by atoms with Crippen LogP contribution in [0.25, 0.3) is 6.08 Å². The second-order valence-corrected chi connectivity index (χ2v) is 9.71. The fourth-order valence-electron chi connectivity index (χ4n) is 4.13. The summed E-state index contributed by atoms with van der Waals surface area (Å²) in [5.41, 5.74) is 1.30. The third kappa shape index (κ3) is 4.92. The molecule has 2 fully saturated rings. The maximum Gasteiger partial charge on any atom is 0.270 e. The lowest BCUT2D eigenvalue weighted by Gasteiger charge is -2.27. The topological polar surface area (TPSA) is 78.6 Å². The summed E-state index contributed by atoms with van der Waals surface area (Å²) in [5.74, 6) is 0.690. The Kier molecular flexibility index (Phi) is 8.51. The van der Waals surface area contributed by atoms with Crippen LogP contribution in [0.15, 0.2) is 9.70 Å². The van der Waals surface area contributed by atoms with Crippen molar-refractivity contribution in [1.29, 1.82) is 5.26 Å². The Labute approximate surface area is 199 Å². The first-order valence-electron chi connectivity index (χ1n) is 11.1. The first-order valence-corrected chi connectivity index (χ1v) is 12.3. The van der Waals surface area contributed by atoms with E-state index in [0.29, 0.717) is 40.9 Å². The highest BCUT2D eigenvalue weighted by molar-refractivity contribution is 8.26. The molecule has 0 atom stereocenters. The van der Waals surface area contributed by atoms with Gasteiger partial charge in [-0.3, -0.25) is 19.1 Å². The first kappa shape index (κ1) is 24.5. The van der Waals surface area contributed by atoms with Crippen molar-refractivity contribution in [1.82, 2.24) is 9.47 Å². The molecular formula is C23H30N4O3S2. The number of unbranched alkanes of at least 4 members (excludes halogenated alkanes) is 1. The van der Waals surface area contributed by atoms with Gasteiger partial charge in [0.15, 0.2) is 0 Å². The standard InChI is InChI=1S/C23H30N4O3S2/c1-4-5-11-26-20(25-9-6-7-10-25)17(16(2)18(15-24)21(26)28)14-19-22(29)27(23(31)32-19)12-8-13-30-3/h14H,4-13H2,1-3H3/b19-14+. The van der Waals surface area contributed by atoms with Gasteiger partial charge in [-0.2, -0.15) is 5.26 Å². The summed E-state index contributed by atoms with van der Waals surface area (Å²) in [4.78, 5) is 30.6. The Hall–Kier alpha value is -2.15. The molecule has 7 nitrogen and oxygen atoms in total. The number of nitriles is 1. The Balaban J connectivity index is 2.12. The molecule has 0 N–H and O–H groups in total. The molecular weight excluding hydrogens is 444 g/mol. The van der Waals surface area contributed by atoms with Crippen molar-refractivity contribution >= 4 is 46.1 Å². The Morgan fingerprint density at radius 1 is 1.22 bits per heavy atom. The maximum absolute atomic E-state index is 13.2. The van der Waals surface area contributed by atoms with Gasteiger partial charge >= 0.3 is 0 Å². The molecule has 1 amide bonds. The molecule has 9 heteroatoms. The summed E-state index contributed by atoms with van der Waals surface area (Å²) >= 11 is 6.73. The number of rotatable bonds is 9. The molecule has 0 radical (unpaired) electrons. The van der Waals surface area contributed by atoms with Crippen LogP contribution in [0, 0.1) is 18.3 Å². The van der Waals surface area contributed by atoms with Crippen LogP contribution < -0.4 is 10.5 Å². The van der Waals surface area contributed by atoms with Crippen molar-refractivity contribution in [2.24, 2.45) is 0 Å². The fraction of sp³-hybridized carbons (Fsp3) is 0.565. The number of carbonyl (C=O) groups excluding carboxylic acids is 1. The van der Waals surface area contributed by atoms with Gasteiger partial charge in [0.25, 0.3) is 11.5 Å². The van der Waals surface area contributed by atoms with Gasteiger partial charge in [-0.15, -0.1) is 0 Å². The molecule has 2 saturated heterocycles. The van der Waals surface area contributed by atoms with E-state index in [1.807, 2.05) is 6.08 Å². The minimum atomic E-state index is -0.246. The molecule has 0 aromatic carbocycles. The zero-order chi connectivity index (χ0) is 23.3. The molecule has 3 rings (SSSR count). The highest BCUT2D eigenvalue weighted by atomic mass is 32.2. The minimum absolute atomic E-state index is 0.132. The number of nitrogens with zero attached hydrogens (tertiary/aromatic N) is 4. The smallest absolute Gasteiger partial charge is 0.270 e. The van der Waals surface area contributed by atoms with Gasteiger partial charge < -0.3 is 9.64 Å². The monoisotopic (exact) mass is 474 g/mol. The Morgan fingerprint density at radius 2 is 1.94 bits per heavy atom. The van der Waals surface area contributed by atoms with Crippen molar-refractivity contribution in [2.45, 2.75) is 52.5 Å². The Morgan fingerprint density at radius 3 is 2.56 bits per heavy atom.